The maximum Gasteiger partial charge on any atom is 0.407 e. The van der Waals surface area contributed by atoms with E-state index in [4.69, 9.17) is 4.74 Å². The SMILES string of the molecule is CC1CCCCC1(CNC(=O)OC(C)(C)C)NCc1ccc[nH]1. The predicted octanol–water partition coefficient (Wildman–Crippen LogP) is 3.58. The molecule has 1 aliphatic rings. The molecule has 1 amide bonds. The number of ether oxygens (including phenoxy) is 1. The Balaban J connectivity index is 1.97. The van der Waals surface area contributed by atoms with E-state index in [-0.39, 0.29) is 11.6 Å². The van der Waals surface area contributed by atoms with E-state index in [0.29, 0.717) is 12.5 Å². The second-order valence-corrected chi connectivity index (χ2v) is 7.71. The molecule has 0 aliphatic heterocycles. The molecule has 0 saturated heterocycles. The van der Waals surface area contributed by atoms with Crippen molar-refractivity contribution in [3.8, 4) is 0 Å². The molecule has 0 radical (unpaired) electrons. The molecule has 1 aromatic rings. The van der Waals surface area contributed by atoms with Gasteiger partial charge in [0.2, 0.25) is 0 Å². The fourth-order valence-corrected chi connectivity index (χ4v) is 3.29. The molecule has 2 atom stereocenters. The first-order valence-electron chi connectivity index (χ1n) is 8.65. The van der Waals surface area contributed by atoms with Gasteiger partial charge < -0.3 is 20.4 Å². The largest absolute Gasteiger partial charge is 0.444 e. The van der Waals surface area contributed by atoms with Crippen molar-refractivity contribution in [3.05, 3.63) is 24.0 Å². The number of carbonyl (C=O) groups is 1. The van der Waals surface area contributed by atoms with E-state index in [1.54, 1.807) is 0 Å². The first-order chi connectivity index (χ1) is 10.8. The minimum atomic E-state index is -0.465. The molecular formula is C18H31N3O2. The molecule has 1 fully saturated rings. The lowest BCUT2D eigenvalue weighted by Crippen LogP contribution is -2.58. The van der Waals surface area contributed by atoms with Gasteiger partial charge in [0.05, 0.1) is 0 Å². The summed E-state index contributed by atoms with van der Waals surface area (Å²) >= 11 is 0. The number of aromatic nitrogens is 1. The highest BCUT2D eigenvalue weighted by Gasteiger charge is 2.38. The quantitative estimate of drug-likeness (QED) is 0.776. The average Bonchev–Trinajstić information content (AvgIpc) is 2.97. The molecule has 0 bridgehead atoms. The Morgan fingerprint density at radius 1 is 1.43 bits per heavy atom. The Morgan fingerprint density at radius 2 is 2.22 bits per heavy atom. The van der Waals surface area contributed by atoms with Gasteiger partial charge >= 0.3 is 6.09 Å². The van der Waals surface area contributed by atoms with Gasteiger partial charge in [-0.2, -0.15) is 0 Å². The smallest absolute Gasteiger partial charge is 0.407 e. The van der Waals surface area contributed by atoms with Crippen LogP contribution in [0.5, 0.6) is 0 Å². The maximum atomic E-state index is 12.0. The van der Waals surface area contributed by atoms with E-state index in [0.717, 1.165) is 13.0 Å². The van der Waals surface area contributed by atoms with Gasteiger partial charge in [-0.1, -0.05) is 19.8 Å². The average molecular weight is 321 g/mol. The lowest BCUT2D eigenvalue weighted by atomic mass is 9.73. The number of alkyl carbamates (subject to hydrolysis) is 1. The van der Waals surface area contributed by atoms with E-state index in [1.165, 1.54) is 25.0 Å². The first-order valence-corrected chi connectivity index (χ1v) is 8.65. The summed E-state index contributed by atoms with van der Waals surface area (Å²) in [5.41, 5.74) is 0.632. The summed E-state index contributed by atoms with van der Waals surface area (Å²) in [6.07, 6.45) is 6.32. The second-order valence-electron chi connectivity index (χ2n) is 7.71. The predicted molar refractivity (Wildman–Crippen MR) is 92.2 cm³/mol. The van der Waals surface area contributed by atoms with E-state index >= 15 is 0 Å². The lowest BCUT2D eigenvalue weighted by Gasteiger charge is -2.44. The molecule has 1 saturated carbocycles. The van der Waals surface area contributed by atoms with Crippen molar-refractivity contribution in [1.82, 2.24) is 15.6 Å². The summed E-state index contributed by atoms with van der Waals surface area (Å²) in [7, 11) is 0. The van der Waals surface area contributed by atoms with Crippen LogP contribution in [0.15, 0.2) is 18.3 Å². The highest BCUT2D eigenvalue weighted by molar-refractivity contribution is 5.67. The zero-order valence-corrected chi connectivity index (χ0v) is 14.9. The Labute approximate surface area is 139 Å². The topological polar surface area (TPSA) is 66.2 Å². The van der Waals surface area contributed by atoms with Crippen LogP contribution in [-0.4, -0.2) is 28.8 Å². The van der Waals surface area contributed by atoms with Crippen LogP contribution in [0.3, 0.4) is 0 Å². The number of carbonyl (C=O) groups excluding carboxylic acids is 1. The summed E-state index contributed by atoms with van der Waals surface area (Å²) in [6, 6.07) is 4.09. The van der Waals surface area contributed by atoms with Gasteiger partial charge in [-0.25, -0.2) is 4.79 Å². The van der Waals surface area contributed by atoms with Crippen LogP contribution in [0.4, 0.5) is 4.79 Å². The number of hydrogen-bond donors (Lipinski definition) is 3. The van der Waals surface area contributed by atoms with Crippen molar-refractivity contribution >= 4 is 6.09 Å². The monoisotopic (exact) mass is 321 g/mol. The van der Waals surface area contributed by atoms with Crippen LogP contribution < -0.4 is 10.6 Å². The molecule has 0 aromatic carbocycles. The minimum Gasteiger partial charge on any atom is -0.444 e. The fourth-order valence-electron chi connectivity index (χ4n) is 3.29. The molecule has 1 aromatic heterocycles. The third kappa shape index (κ3) is 5.27. The van der Waals surface area contributed by atoms with Crippen LogP contribution in [-0.2, 0) is 11.3 Å². The highest BCUT2D eigenvalue weighted by Crippen LogP contribution is 2.33. The Kier molecular flexibility index (Phi) is 5.74. The van der Waals surface area contributed by atoms with Crippen LogP contribution >= 0.6 is 0 Å². The maximum absolute atomic E-state index is 12.0. The number of H-pyrrole nitrogens is 1. The summed E-state index contributed by atoms with van der Waals surface area (Å²) in [6.45, 7) is 9.31. The second kappa shape index (κ2) is 7.39. The molecule has 130 valence electrons. The molecule has 2 unspecified atom stereocenters. The van der Waals surface area contributed by atoms with Crippen LogP contribution in [0.2, 0.25) is 0 Å². The van der Waals surface area contributed by atoms with Crippen molar-refractivity contribution in [2.45, 2.75) is 71.1 Å². The van der Waals surface area contributed by atoms with Gasteiger partial charge in [-0.3, -0.25) is 0 Å². The lowest BCUT2D eigenvalue weighted by molar-refractivity contribution is 0.0479. The zero-order chi connectivity index (χ0) is 16.9. The van der Waals surface area contributed by atoms with Crippen LogP contribution in [0, 0.1) is 5.92 Å². The molecule has 1 aliphatic carbocycles. The Morgan fingerprint density at radius 3 is 2.83 bits per heavy atom. The number of nitrogens with one attached hydrogen (secondary N) is 3. The molecule has 2 rings (SSSR count). The Bertz CT molecular complexity index is 493. The van der Waals surface area contributed by atoms with Crippen molar-refractivity contribution < 1.29 is 9.53 Å². The molecular weight excluding hydrogens is 290 g/mol. The minimum absolute atomic E-state index is 0.0692. The standard InChI is InChI=1S/C18H31N3O2/c1-14-8-5-6-10-18(14,21-12-15-9-7-11-19-15)13-20-16(22)23-17(2,3)4/h7,9,11,14,19,21H,5-6,8,10,12-13H2,1-4H3,(H,20,22). The van der Waals surface area contributed by atoms with Gasteiger partial charge in [0.15, 0.2) is 0 Å². The van der Waals surface area contributed by atoms with E-state index in [2.05, 4.69) is 28.6 Å². The van der Waals surface area contributed by atoms with Gasteiger partial charge in [0.1, 0.15) is 5.60 Å². The molecule has 1 heterocycles. The first kappa shape index (κ1) is 17.9. The number of aromatic amines is 1. The zero-order valence-electron chi connectivity index (χ0n) is 14.9. The molecule has 5 nitrogen and oxygen atoms in total. The van der Waals surface area contributed by atoms with E-state index < -0.39 is 5.60 Å². The van der Waals surface area contributed by atoms with Crippen LogP contribution in [0.1, 0.15) is 59.1 Å². The van der Waals surface area contributed by atoms with Crippen LogP contribution in [0.25, 0.3) is 0 Å². The number of amides is 1. The van der Waals surface area contributed by atoms with E-state index in [9.17, 15) is 4.79 Å². The van der Waals surface area contributed by atoms with Crippen molar-refractivity contribution in [3.63, 3.8) is 0 Å². The van der Waals surface area contributed by atoms with Crippen molar-refractivity contribution in [2.75, 3.05) is 6.54 Å². The normalized spacial score (nSPS) is 25.1. The van der Waals surface area contributed by atoms with Crippen molar-refractivity contribution in [2.24, 2.45) is 5.92 Å². The molecule has 0 spiro atoms. The van der Waals surface area contributed by atoms with Gasteiger partial charge in [-0.05, 0) is 51.7 Å². The summed E-state index contributed by atoms with van der Waals surface area (Å²) in [5.74, 6) is 0.515. The van der Waals surface area contributed by atoms with Gasteiger partial charge in [-0.15, -0.1) is 0 Å². The fraction of sp³-hybridized carbons (Fsp3) is 0.722. The highest BCUT2D eigenvalue weighted by atomic mass is 16.6. The third-order valence-electron chi connectivity index (χ3n) is 4.69. The number of hydrogen-bond acceptors (Lipinski definition) is 3. The molecule has 3 N–H and O–H groups in total. The number of rotatable bonds is 5. The van der Waals surface area contributed by atoms with Gasteiger partial charge in [0.25, 0.3) is 0 Å². The molecule has 23 heavy (non-hydrogen) atoms. The summed E-state index contributed by atoms with van der Waals surface area (Å²) < 4.78 is 5.38. The third-order valence-corrected chi connectivity index (χ3v) is 4.69. The van der Waals surface area contributed by atoms with Gasteiger partial charge in [0, 0.05) is 30.5 Å². The summed E-state index contributed by atoms with van der Waals surface area (Å²) in [4.78, 5) is 15.2. The van der Waals surface area contributed by atoms with Crippen molar-refractivity contribution in [1.29, 1.82) is 0 Å². The molecule has 5 heteroatoms. The Hall–Kier alpha value is -1.49. The van der Waals surface area contributed by atoms with E-state index in [1.807, 2.05) is 33.0 Å². The summed E-state index contributed by atoms with van der Waals surface area (Å²) in [5, 5.41) is 6.68.